The molecule has 2 fully saturated rings. The van der Waals surface area contributed by atoms with E-state index in [1.54, 1.807) is 6.33 Å². The van der Waals surface area contributed by atoms with Crippen LogP contribution in [0.5, 0.6) is 0 Å². The van der Waals surface area contributed by atoms with Gasteiger partial charge in [-0.05, 0) is 0 Å². The summed E-state index contributed by atoms with van der Waals surface area (Å²) in [5, 5.41) is 13.6. The summed E-state index contributed by atoms with van der Waals surface area (Å²) < 4.78 is 13.0. The molecule has 1 unspecified atom stereocenters. The zero-order valence-electron chi connectivity index (χ0n) is 16.0. The van der Waals surface area contributed by atoms with E-state index < -0.39 is 5.60 Å². The largest absolute Gasteiger partial charge is 0.388 e. The minimum Gasteiger partial charge on any atom is -0.388 e. The Bertz CT molecular complexity index is 835. The molecule has 2 aliphatic rings. The highest BCUT2D eigenvalue weighted by molar-refractivity contribution is 5.83. The summed E-state index contributed by atoms with van der Waals surface area (Å²) in [6.07, 6.45) is 4.33. The van der Waals surface area contributed by atoms with Gasteiger partial charge in [-0.3, -0.25) is 4.79 Å². The summed E-state index contributed by atoms with van der Waals surface area (Å²) in [6, 6.07) is 0. The van der Waals surface area contributed by atoms with E-state index in [1.807, 2.05) is 4.57 Å². The zero-order chi connectivity index (χ0) is 19.6. The molecule has 2 aromatic heterocycles. The molecule has 0 bridgehead atoms. The third-order valence-corrected chi connectivity index (χ3v) is 5.29. The number of rotatable bonds is 5. The Labute approximate surface area is 162 Å². The summed E-state index contributed by atoms with van der Waals surface area (Å²) in [7, 11) is 0. The molecule has 10 nitrogen and oxygen atoms in total. The van der Waals surface area contributed by atoms with Gasteiger partial charge in [0.15, 0.2) is 17.0 Å². The number of ether oxygens (including phenoxy) is 2. The number of aromatic nitrogens is 4. The SMILES string of the molecule is CC(=O)NCC1CN(c2ncnc3c2ncn3CC2(O)CCOCC2)CCO1. The molecule has 2 aromatic rings. The number of anilines is 1. The molecule has 0 aromatic carbocycles. The minimum atomic E-state index is -0.806. The van der Waals surface area contributed by atoms with Crippen LogP contribution >= 0.6 is 0 Å². The van der Waals surface area contributed by atoms with Crippen LogP contribution in [0.3, 0.4) is 0 Å². The van der Waals surface area contributed by atoms with Gasteiger partial charge in [-0.15, -0.1) is 0 Å². The van der Waals surface area contributed by atoms with E-state index in [0.29, 0.717) is 70.0 Å². The van der Waals surface area contributed by atoms with E-state index in [4.69, 9.17) is 9.47 Å². The summed E-state index contributed by atoms with van der Waals surface area (Å²) >= 11 is 0. The van der Waals surface area contributed by atoms with Crippen LogP contribution in [-0.2, 0) is 20.8 Å². The lowest BCUT2D eigenvalue weighted by Gasteiger charge is -2.34. The molecule has 10 heteroatoms. The number of fused-ring (bicyclic) bond motifs is 1. The highest BCUT2D eigenvalue weighted by atomic mass is 16.5. The minimum absolute atomic E-state index is 0.0741. The van der Waals surface area contributed by atoms with Crippen LogP contribution < -0.4 is 10.2 Å². The van der Waals surface area contributed by atoms with Crippen LogP contribution in [0, 0.1) is 0 Å². The molecule has 1 atom stereocenters. The third-order valence-electron chi connectivity index (χ3n) is 5.29. The molecule has 2 N–H and O–H groups in total. The fourth-order valence-electron chi connectivity index (χ4n) is 3.73. The van der Waals surface area contributed by atoms with Crippen molar-refractivity contribution in [2.75, 3.05) is 44.4 Å². The number of hydrogen-bond donors (Lipinski definition) is 2. The zero-order valence-corrected chi connectivity index (χ0v) is 16.0. The maximum atomic E-state index is 11.2. The van der Waals surface area contributed by atoms with Crippen LogP contribution in [0.4, 0.5) is 5.82 Å². The van der Waals surface area contributed by atoms with Gasteiger partial charge in [0, 0.05) is 52.6 Å². The average molecular weight is 390 g/mol. The predicted octanol–water partition coefficient (Wildman–Crippen LogP) is -0.291. The van der Waals surface area contributed by atoms with Crippen molar-refractivity contribution in [3.63, 3.8) is 0 Å². The quantitative estimate of drug-likeness (QED) is 0.716. The number of nitrogens with one attached hydrogen (secondary N) is 1. The summed E-state index contributed by atoms with van der Waals surface area (Å²) in [4.78, 5) is 26.7. The van der Waals surface area contributed by atoms with Crippen LogP contribution in [0.2, 0.25) is 0 Å². The highest BCUT2D eigenvalue weighted by Crippen LogP contribution is 2.27. The number of imidazole rings is 1. The molecule has 0 saturated carbocycles. The molecule has 2 aliphatic heterocycles. The number of aliphatic hydroxyl groups is 1. The monoisotopic (exact) mass is 390 g/mol. The van der Waals surface area contributed by atoms with Crippen molar-refractivity contribution >= 4 is 22.9 Å². The first-order valence-corrected chi connectivity index (χ1v) is 9.61. The molecule has 4 rings (SSSR count). The maximum absolute atomic E-state index is 11.2. The van der Waals surface area contributed by atoms with Gasteiger partial charge in [0.25, 0.3) is 0 Å². The maximum Gasteiger partial charge on any atom is 0.216 e. The molecule has 28 heavy (non-hydrogen) atoms. The normalized spacial score (nSPS) is 22.4. The van der Waals surface area contributed by atoms with E-state index in [-0.39, 0.29) is 12.0 Å². The van der Waals surface area contributed by atoms with E-state index >= 15 is 0 Å². The molecule has 4 heterocycles. The van der Waals surface area contributed by atoms with E-state index in [9.17, 15) is 9.90 Å². The van der Waals surface area contributed by atoms with Crippen molar-refractivity contribution < 1.29 is 19.4 Å². The van der Waals surface area contributed by atoms with Crippen LogP contribution in [0.15, 0.2) is 12.7 Å². The molecule has 0 aliphatic carbocycles. The van der Waals surface area contributed by atoms with Gasteiger partial charge in [0.2, 0.25) is 5.91 Å². The van der Waals surface area contributed by atoms with Crippen molar-refractivity contribution in [1.29, 1.82) is 0 Å². The van der Waals surface area contributed by atoms with Crippen molar-refractivity contribution in [3.05, 3.63) is 12.7 Å². The average Bonchev–Trinajstić information content (AvgIpc) is 3.09. The van der Waals surface area contributed by atoms with Gasteiger partial charge in [0.1, 0.15) is 6.33 Å². The molecular weight excluding hydrogens is 364 g/mol. The van der Waals surface area contributed by atoms with Gasteiger partial charge in [-0.25, -0.2) is 15.0 Å². The topological polar surface area (TPSA) is 115 Å². The second kappa shape index (κ2) is 7.98. The Morgan fingerprint density at radius 2 is 2.14 bits per heavy atom. The number of morpholine rings is 1. The van der Waals surface area contributed by atoms with Gasteiger partial charge in [-0.2, -0.15) is 0 Å². The fraction of sp³-hybridized carbons (Fsp3) is 0.667. The molecule has 0 spiro atoms. The van der Waals surface area contributed by atoms with Crippen LogP contribution in [0.25, 0.3) is 11.2 Å². The first-order chi connectivity index (χ1) is 13.5. The number of amides is 1. The third kappa shape index (κ3) is 4.08. The lowest BCUT2D eigenvalue weighted by Crippen LogP contribution is -2.47. The Morgan fingerprint density at radius 3 is 2.93 bits per heavy atom. The highest BCUT2D eigenvalue weighted by Gasteiger charge is 2.31. The number of carbonyl (C=O) groups is 1. The first-order valence-electron chi connectivity index (χ1n) is 9.61. The van der Waals surface area contributed by atoms with Crippen molar-refractivity contribution in [1.82, 2.24) is 24.8 Å². The van der Waals surface area contributed by atoms with Crippen molar-refractivity contribution in [2.45, 2.75) is 38.0 Å². The Kier molecular flexibility index (Phi) is 5.42. The lowest BCUT2D eigenvalue weighted by atomic mass is 9.94. The van der Waals surface area contributed by atoms with Crippen LogP contribution in [0.1, 0.15) is 19.8 Å². The fourth-order valence-corrected chi connectivity index (χ4v) is 3.73. The predicted molar refractivity (Wildman–Crippen MR) is 101 cm³/mol. The smallest absolute Gasteiger partial charge is 0.216 e. The van der Waals surface area contributed by atoms with Gasteiger partial charge >= 0.3 is 0 Å². The molecular formula is C18H26N6O4. The molecule has 0 radical (unpaired) electrons. The van der Waals surface area contributed by atoms with E-state index in [0.717, 1.165) is 5.82 Å². The molecule has 152 valence electrons. The van der Waals surface area contributed by atoms with E-state index in [1.165, 1.54) is 13.3 Å². The number of hydrogen-bond acceptors (Lipinski definition) is 8. The Morgan fingerprint density at radius 1 is 1.32 bits per heavy atom. The number of nitrogens with zero attached hydrogens (tertiary/aromatic N) is 5. The van der Waals surface area contributed by atoms with Crippen molar-refractivity contribution in [2.24, 2.45) is 0 Å². The van der Waals surface area contributed by atoms with Crippen molar-refractivity contribution in [3.8, 4) is 0 Å². The second-order valence-corrected chi connectivity index (χ2v) is 7.45. The van der Waals surface area contributed by atoms with Gasteiger partial charge in [0.05, 0.1) is 31.2 Å². The standard InChI is InChI=1S/C18H26N6O4/c1-13(25)19-8-14-9-23(4-7-28-14)16-15-17(21-11-20-16)24(12-22-15)10-18(26)2-5-27-6-3-18/h11-12,14,26H,2-10H2,1H3,(H,19,25). The lowest BCUT2D eigenvalue weighted by molar-refractivity contribution is -0.119. The summed E-state index contributed by atoms with van der Waals surface area (Å²) in [5.41, 5.74) is 0.604. The molecule has 2 saturated heterocycles. The second-order valence-electron chi connectivity index (χ2n) is 7.45. The van der Waals surface area contributed by atoms with E-state index in [2.05, 4.69) is 25.2 Å². The van der Waals surface area contributed by atoms with Crippen LogP contribution in [-0.4, -0.2) is 81.7 Å². The number of carbonyl (C=O) groups excluding carboxylic acids is 1. The van der Waals surface area contributed by atoms with Gasteiger partial charge < -0.3 is 29.4 Å². The summed E-state index contributed by atoms with van der Waals surface area (Å²) in [6.45, 7) is 5.36. The molecule has 1 amide bonds. The van der Waals surface area contributed by atoms with Gasteiger partial charge in [-0.1, -0.05) is 0 Å². The Balaban J connectivity index is 1.53. The Hall–Kier alpha value is -2.30. The summed E-state index contributed by atoms with van der Waals surface area (Å²) in [5.74, 6) is 0.675. The first kappa shape index (κ1) is 19.0.